The Morgan fingerprint density at radius 1 is 1.42 bits per heavy atom. The van der Waals surface area contributed by atoms with Crippen LogP contribution in [0.15, 0.2) is 12.1 Å². The molecule has 0 saturated heterocycles. The van der Waals surface area contributed by atoms with E-state index in [1.807, 2.05) is 6.07 Å². The van der Waals surface area contributed by atoms with Crippen LogP contribution < -0.4 is 5.73 Å². The highest BCUT2D eigenvalue weighted by molar-refractivity contribution is 5.69. The minimum atomic E-state index is -0.177. The third-order valence-electron chi connectivity index (χ3n) is 3.72. The van der Waals surface area contributed by atoms with E-state index in [4.69, 9.17) is 5.73 Å². The van der Waals surface area contributed by atoms with Crippen molar-refractivity contribution in [3.63, 3.8) is 0 Å². The number of nitrogens with two attached hydrogens (primary N) is 1. The Balaban J connectivity index is 1.92. The molecule has 1 aliphatic rings. The third kappa shape index (κ3) is 3.26. The lowest BCUT2D eigenvalue weighted by molar-refractivity contribution is -0.140. The summed E-state index contributed by atoms with van der Waals surface area (Å²) in [6.07, 6.45) is 4.48. The van der Waals surface area contributed by atoms with Crippen LogP contribution in [0.1, 0.15) is 36.0 Å². The number of rotatable bonds is 5. The molecule has 104 valence electrons. The zero-order valence-corrected chi connectivity index (χ0v) is 11.3. The first-order valence-corrected chi connectivity index (χ1v) is 6.76. The maximum atomic E-state index is 11.0. The molecular weight excluding hydrogens is 242 g/mol. The first-order chi connectivity index (χ1) is 9.11. The van der Waals surface area contributed by atoms with Gasteiger partial charge in [0.25, 0.3) is 0 Å². The standard InChI is InChI=1S/C15H21NO3/c1-19-14(17)5-3-2-4-10-6-7-11-8-12(16)9-13(11)15(10)18/h6-7,12,18H,2-5,8-9,16H2,1H3. The number of hydrogen-bond donors (Lipinski definition) is 2. The van der Waals surface area contributed by atoms with Gasteiger partial charge in [-0.2, -0.15) is 0 Å². The Bertz CT molecular complexity index is 471. The Labute approximate surface area is 113 Å². The Morgan fingerprint density at radius 3 is 2.95 bits per heavy atom. The summed E-state index contributed by atoms with van der Waals surface area (Å²) in [6.45, 7) is 0. The van der Waals surface area contributed by atoms with Crippen molar-refractivity contribution >= 4 is 5.97 Å². The fourth-order valence-electron chi connectivity index (χ4n) is 2.65. The lowest BCUT2D eigenvalue weighted by Gasteiger charge is -2.09. The van der Waals surface area contributed by atoms with Crippen molar-refractivity contribution < 1.29 is 14.6 Å². The van der Waals surface area contributed by atoms with Crippen LogP contribution in [0.4, 0.5) is 0 Å². The smallest absolute Gasteiger partial charge is 0.305 e. The van der Waals surface area contributed by atoms with E-state index in [0.29, 0.717) is 12.2 Å². The second-order valence-corrected chi connectivity index (χ2v) is 5.16. The van der Waals surface area contributed by atoms with Crippen LogP contribution in [0.25, 0.3) is 0 Å². The highest BCUT2D eigenvalue weighted by Gasteiger charge is 2.22. The fourth-order valence-corrected chi connectivity index (χ4v) is 2.65. The molecule has 0 saturated carbocycles. The minimum Gasteiger partial charge on any atom is -0.507 e. The van der Waals surface area contributed by atoms with Crippen molar-refractivity contribution in [3.8, 4) is 5.75 Å². The van der Waals surface area contributed by atoms with Crippen molar-refractivity contribution in [2.45, 2.75) is 44.6 Å². The Hall–Kier alpha value is -1.55. The highest BCUT2D eigenvalue weighted by atomic mass is 16.5. The van der Waals surface area contributed by atoms with E-state index in [1.165, 1.54) is 12.7 Å². The predicted molar refractivity (Wildman–Crippen MR) is 73.1 cm³/mol. The molecule has 0 bridgehead atoms. The van der Waals surface area contributed by atoms with Crippen LogP contribution in [0.5, 0.6) is 5.75 Å². The number of ether oxygens (including phenoxy) is 1. The maximum Gasteiger partial charge on any atom is 0.305 e. The summed E-state index contributed by atoms with van der Waals surface area (Å²) in [6, 6.07) is 4.18. The average molecular weight is 263 g/mol. The van der Waals surface area contributed by atoms with Gasteiger partial charge in [-0.05, 0) is 48.8 Å². The molecular formula is C15H21NO3. The molecule has 1 unspecified atom stereocenters. The lowest BCUT2D eigenvalue weighted by atomic mass is 10.00. The van der Waals surface area contributed by atoms with Gasteiger partial charge in [-0.3, -0.25) is 4.79 Å². The van der Waals surface area contributed by atoms with Gasteiger partial charge in [0.1, 0.15) is 5.75 Å². The Kier molecular flexibility index (Phi) is 4.43. The maximum absolute atomic E-state index is 11.0. The van der Waals surface area contributed by atoms with Crippen LogP contribution >= 0.6 is 0 Å². The molecule has 4 heteroatoms. The zero-order valence-electron chi connectivity index (χ0n) is 11.3. The summed E-state index contributed by atoms with van der Waals surface area (Å²) >= 11 is 0. The number of aromatic hydroxyl groups is 1. The van der Waals surface area contributed by atoms with Crippen LogP contribution in [0.2, 0.25) is 0 Å². The van der Waals surface area contributed by atoms with Crippen LogP contribution in [0.3, 0.4) is 0 Å². The number of esters is 1. The summed E-state index contributed by atoms with van der Waals surface area (Å²) in [5, 5.41) is 10.2. The number of benzene rings is 1. The number of carbonyl (C=O) groups is 1. The fraction of sp³-hybridized carbons (Fsp3) is 0.533. The second-order valence-electron chi connectivity index (χ2n) is 5.16. The molecule has 1 aliphatic carbocycles. The predicted octanol–water partition coefficient (Wildman–Crippen LogP) is 1.70. The summed E-state index contributed by atoms with van der Waals surface area (Å²) in [5.74, 6) is 0.229. The molecule has 0 amide bonds. The number of fused-ring (bicyclic) bond motifs is 1. The number of phenols is 1. The monoisotopic (exact) mass is 263 g/mol. The number of phenolic OH excluding ortho intramolecular Hbond substituents is 1. The molecule has 2 rings (SSSR count). The van der Waals surface area contributed by atoms with Gasteiger partial charge >= 0.3 is 5.97 Å². The van der Waals surface area contributed by atoms with Gasteiger partial charge < -0.3 is 15.6 Å². The van der Waals surface area contributed by atoms with E-state index in [-0.39, 0.29) is 12.0 Å². The molecule has 1 aromatic rings. The SMILES string of the molecule is COC(=O)CCCCc1ccc2c(c1O)CC(N)C2. The molecule has 3 N–H and O–H groups in total. The van der Waals surface area contributed by atoms with E-state index in [1.54, 1.807) is 0 Å². The van der Waals surface area contributed by atoms with Gasteiger partial charge in [-0.25, -0.2) is 0 Å². The summed E-state index contributed by atoms with van der Waals surface area (Å²) in [4.78, 5) is 11.0. The highest BCUT2D eigenvalue weighted by Crippen LogP contribution is 2.33. The van der Waals surface area contributed by atoms with Crippen LogP contribution in [-0.2, 0) is 28.8 Å². The summed E-state index contributed by atoms with van der Waals surface area (Å²) < 4.78 is 4.60. The molecule has 19 heavy (non-hydrogen) atoms. The second kappa shape index (κ2) is 6.06. The largest absolute Gasteiger partial charge is 0.507 e. The van der Waals surface area contributed by atoms with E-state index in [0.717, 1.165) is 43.2 Å². The normalized spacial score (nSPS) is 17.3. The van der Waals surface area contributed by atoms with Crippen molar-refractivity contribution in [1.82, 2.24) is 0 Å². The number of methoxy groups -OCH3 is 1. The van der Waals surface area contributed by atoms with E-state index < -0.39 is 0 Å². The van der Waals surface area contributed by atoms with Crippen LogP contribution in [0, 0.1) is 0 Å². The van der Waals surface area contributed by atoms with Crippen molar-refractivity contribution in [1.29, 1.82) is 0 Å². The molecule has 0 fully saturated rings. The van der Waals surface area contributed by atoms with Gasteiger partial charge in [0, 0.05) is 12.5 Å². The van der Waals surface area contributed by atoms with Crippen molar-refractivity contribution in [3.05, 3.63) is 28.8 Å². The number of hydrogen-bond acceptors (Lipinski definition) is 4. The summed E-state index contributed by atoms with van der Waals surface area (Å²) in [5.41, 5.74) is 9.05. The van der Waals surface area contributed by atoms with E-state index in [2.05, 4.69) is 10.8 Å². The number of carbonyl (C=O) groups excluding carboxylic acids is 1. The van der Waals surface area contributed by atoms with Crippen molar-refractivity contribution in [2.24, 2.45) is 5.73 Å². The Morgan fingerprint density at radius 2 is 2.21 bits per heavy atom. The first kappa shape index (κ1) is 13.9. The number of aryl methyl sites for hydroxylation is 1. The van der Waals surface area contributed by atoms with Crippen molar-refractivity contribution in [2.75, 3.05) is 7.11 Å². The van der Waals surface area contributed by atoms with E-state index >= 15 is 0 Å². The number of unbranched alkanes of at least 4 members (excludes halogenated alkanes) is 1. The average Bonchev–Trinajstić information content (AvgIpc) is 2.78. The lowest BCUT2D eigenvalue weighted by Crippen LogP contribution is -2.19. The van der Waals surface area contributed by atoms with E-state index in [9.17, 15) is 9.90 Å². The molecule has 0 heterocycles. The molecule has 0 aromatic heterocycles. The van der Waals surface area contributed by atoms with Gasteiger partial charge in [0.2, 0.25) is 0 Å². The summed E-state index contributed by atoms with van der Waals surface area (Å²) in [7, 11) is 1.40. The van der Waals surface area contributed by atoms with Gasteiger partial charge in [-0.1, -0.05) is 12.1 Å². The first-order valence-electron chi connectivity index (χ1n) is 6.76. The molecule has 4 nitrogen and oxygen atoms in total. The zero-order chi connectivity index (χ0) is 13.8. The third-order valence-corrected chi connectivity index (χ3v) is 3.72. The van der Waals surface area contributed by atoms with Gasteiger partial charge in [0.15, 0.2) is 0 Å². The topological polar surface area (TPSA) is 72.5 Å². The van der Waals surface area contributed by atoms with Gasteiger partial charge in [-0.15, -0.1) is 0 Å². The van der Waals surface area contributed by atoms with Gasteiger partial charge in [0.05, 0.1) is 7.11 Å². The van der Waals surface area contributed by atoms with Crippen LogP contribution in [-0.4, -0.2) is 24.2 Å². The quantitative estimate of drug-likeness (QED) is 0.626. The molecule has 0 spiro atoms. The molecule has 1 atom stereocenters. The minimum absolute atomic E-state index is 0.135. The molecule has 0 aliphatic heterocycles. The molecule has 1 aromatic carbocycles. The molecule has 0 radical (unpaired) electrons.